The second-order valence-electron chi connectivity index (χ2n) is 10.6. The standard InChI is InChI=1S/C33H34F3N3O6/c34-33(35,36)32(43)45-30(41)17-19-38-22-29(40)39(21-24-11-14-26(15-12-24)44-25-9-5-3-6-10-25)28-16-13-23(20-27(28)31(38)42)8-4-1-2-7-18-37/h3,5-6,9-16,20H,1-2,4,7-8,17-19,21-22,37H2. The van der Waals surface area contributed by atoms with E-state index in [0.717, 1.165) is 41.7 Å². The average molecular weight is 626 g/mol. The monoisotopic (exact) mass is 625 g/mol. The second-order valence-corrected chi connectivity index (χ2v) is 10.6. The van der Waals surface area contributed by atoms with Crippen molar-refractivity contribution in [3.05, 3.63) is 89.5 Å². The van der Waals surface area contributed by atoms with Crippen LogP contribution >= 0.6 is 0 Å². The van der Waals surface area contributed by atoms with Gasteiger partial charge in [-0.25, -0.2) is 4.79 Å². The zero-order chi connectivity index (χ0) is 32.4. The Bertz CT molecular complexity index is 1500. The fraction of sp³-hybridized carbons (Fsp3) is 0.333. The number of nitrogens with two attached hydrogens (primary N) is 1. The molecule has 0 spiro atoms. The molecule has 2 N–H and O–H groups in total. The van der Waals surface area contributed by atoms with Crippen LogP contribution in [0.2, 0.25) is 0 Å². The molecular formula is C33H34F3N3O6. The number of carbonyl (C=O) groups is 4. The van der Waals surface area contributed by atoms with Crippen molar-refractivity contribution in [3.8, 4) is 11.5 Å². The summed E-state index contributed by atoms with van der Waals surface area (Å²) in [4.78, 5) is 52.8. The summed E-state index contributed by atoms with van der Waals surface area (Å²) in [5.41, 5.74) is 7.80. The van der Waals surface area contributed by atoms with Gasteiger partial charge in [-0.3, -0.25) is 14.4 Å². The largest absolute Gasteiger partial charge is 0.491 e. The second kappa shape index (κ2) is 15.3. The Morgan fingerprint density at radius 3 is 2.20 bits per heavy atom. The number of alkyl halides is 3. The molecule has 238 valence electrons. The van der Waals surface area contributed by atoms with Crippen LogP contribution in [-0.2, 0) is 32.1 Å². The number of aryl methyl sites for hydroxylation is 1. The summed E-state index contributed by atoms with van der Waals surface area (Å²) in [6, 6.07) is 21.7. The van der Waals surface area contributed by atoms with Gasteiger partial charge in [0.05, 0.1) is 24.2 Å². The highest BCUT2D eigenvalue weighted by molar-refractivity contribution is 6.09. The van der Waals surface area contributed by atoms with Crippen LogP contribution < -0.4 is 15.4 Å². The molecule has 45 heavy (non-hydrogen) atoms. The van der Waals surface area contributed by atoms with Gasteiger partial charge in [0.1, 0.15) is 18.0 Å². The first-order chi connectivity index (χ1) is 21.5. The number of fused-ring (bicyclic) bond motifs is 1. The number of esters is 2. The van der Waals surface area contributed by atoms with Crippen LogP contribution in [0.4, 0.5) is 18.9 Å². The van der Waals surface area contributed by atoms with Gasteiger partial charge in [-0.2, -0.15) is 13.2 Å². The molecule has 0 unspecified atom stereocenters. The maximum Gasteiger partial charge on any atom is 0.491 e. The van der Waals surface area contributed by atoms with E-state index in [1.54, 1.807) is 36.4 Å². The van der Waals surface area contributed by atoms with Crippen LogP contribution in [0.3, 0.4) is 0 Å². The number of amides is 2. The molecule has 1 aliphatic rings. The van der Waals surface area contributed by atoms with Crippen molar-refractivity contribution >= 4 is 29.4 Å². The van der Waals surface area contributed by atoms with E-state index in [0.29, 0.717) is 30.2 Å². The van der Waals surface area contributed by atoms with Gasteiger partial charge < -0.3 is 25.0 Å². The van der Waals surface area contributed by atoms with Crippen molar-refractivity contribution < 1.29 is 41.8 Å². The van der Waals surface area contributed by atoms with Gasteiger partial charge in [0, 0.05) is 6.54 Å². The van der Waals surface area contributed by atoms with Crippen molar-refractivity contribution in [2.24, 2.45) is 5.73 Å². The molecular weight excluding hydrogens is 591 g/mol. The number of anilines is 1. The zero-order valence-electron chi connectivity index (χ0n) is 24.6. The number of hydrogen-bond donors (Lipinski definition) is 1. The van der Waals surface area contributed by atoms with E-state index in [4.69, 9.17) is 10.5 Å². The quantitative estimate of drug-likeness (QED) is 0.150. The van der Waals surface area contributed by atoms with Gasteiger partial charge in [0.25, 0.3) is 5.91 Å². The van der Waals surface area contributed by atoms with Crippen molar-refractivity contribution in [1.29, 1.82) is 0 Å². The van der Waals surface area contributed by atoms with Gasteiger partial charge >= 0.3 is 18.1 Å². The Morgan fingerprint density at radius 1 is 0.844 bits per heavy atom. The van der Waals surface area contributed by atoms with Gasteiger partial charge in [-0.1, -0.05) is 49.2 Å². The number of carbonyl (C=O) groups excluding carboxylic acids is 4. The minimum absolute atomic E-state index is 0.124. The normalized spacial score (nSPS) is 13.3. The number of unbranched alkanes of at least 4 members (excludes halogenated alkanes) is 3. The summed E-state index contributed by atoms with van der Waals surface area (Å²) in [5, 5.41) is 0. The maximum atomic E-state index is 13.7. The fourth-order valence-electron chi connectivity index (χ4n) is 4.86. The molecule has 0 aliphatic carbocycles. The molecule has 2 amide bonds. The maximum absolute atomic E-state index is 13.7. The van der Waals surface area contributed by atoms with Crippen LogP contribution in [0.5, 0.6) is 11.5 Å². The Kier molecular flexibility index (Phi) is 11.3. The lowest BCUT2D eigenvalue weighted by Crippen LogP contribution is -2.40. The smallest absolute Gasteiger partial charge is 0.457 e. The van der Waals surface area contributed by atoms with Gasteiger partial charge in [-0.15, -0.1) is 0 Å². The molecule has 0 saturated heterocycles. The van der Waals surface area contributed by atoms with Crippen LogP contribution in [0.15, 0.2) is 72.8 Å². The topological polar surface area (TPSA) is 119 Å². The summed E-state index contributed by atoms with van der Waals surface area (Å²) >= 11 is 0. The zero-order valence-corrected chi connectivity index (χ0v) is 24.6. The molecule has 1 heterocycles. The summed E-state index contributed by atoms with van der Waals surface area (Å²) in [5.74, 6) is -3.85. The first kappa shape index (κ1) is 33.2. The first-order valence-electron chi connectivity index (χ1n) is 14.6. The summed E-state index contributed by atoms with van der Waals surface area (Å²) in [6.07, 6.45) is -1.62. The SMILES string of the molecule is NCCCCCCc1ccc2c(c1)C(=O)N(CCC(=O)OC(=O)C(F)(F)F)CC(=O)N2Cc1ccc(Oc2ccccc2)cc1. The first-order valence-corrected chi connectivity index (χ1v) is 14.6. The average Bonchev–Trinajstić information content (AvgIpc) is 3.11. The highest BCUT2D eigenvalue weighted by atomic mass is 19.4. The lowest BCUT2D eigenvalue weighted by atomic mass is 10.0. The molecule has 0 fully saturated rings. The summed E-state index contributed by atoms with van der Waals surface area (Å²) in [7, 11) is 0. The van der Waals surface area contributed by atoms with Crippen LogP contribution in [0.25, 0.3) is 0 Å². The minimum atomic E-state index is -5.34. The molecule has 0 bridgehead atoms. The Hall–Kier alpha value is -4.71. The number of nitrogens with zero attached hydrogens (tertiary/aromatic N) is 2. The lowest BCUT2D eigenvalue weighted by Gasteiger charge is -2.23. The van der Waals surface area contributed by atoms with Gasteiger partial charge in [-0.05, 0) is 73.3 Å². The molecule has 4 rings (SSSR count). The number of hydrogen-bond acceptors (Lipinski definition) is 7. The van der Waals surface area contributed by atoms with E-state index >= 15 is 0 Å². The number of halogens is 3. The van der Waals surface area contributed by atoms with Gasteiger partial charge in [0.15, 0.2) is 0 Å². The summed E-state index contributed by atoms with van der Waals surface area (Å²) < 4.78 is 47.2. The third kappa shape index (κ3) is 9.39. The molecule has 0 aromatic heterocycles. The Labute approximate surface area is 258 Å². The number of para-hydroxylation sites is 1. The highest BCUT2D eigenvalue weighted by Gasteiger charge is 2.42. The van der Waals surface area contributed by atoms with E-state index in [9.17, 15) is 32.3 Å². The number of benzene rings is 3. The highest BCUT2D eigenvalue weighted by Crippen LogP contribution is 2.30. The molecule has 0 radical (unpaired) electrons. The molecule has 3 aromatic carbocycles. The fourth-order valence-corrected chi connectivity index (χ4v) is 4.86. The number of ether oxygens (including phenoxy) is 2. The molecule has 9 nitrogen and oxygen atoms in total. The molecule has 0 atom stereocenters. The van der Waals surface area contributed by atoms with E-state index in [-0.39, 0.29) is 12.1 Å². The van der Waals surface area contributed by atoms with E-state index < -0.39 is 49.4 Å². The predicted molar refractivity (Wildman–Crippen MR) is 159 cm³/mol. The number of rotatable bonds is 13. The van der Waals surface area contributed by atoms with Crippen molar-refractivity contribution in [2.45, 2.75) is 51.2 Å². The van der Waals surface area contributed by atoms with Crippen molar-refractivity contribution in [2.75, 3.05) is 24.5 Å². The van der Waals surface area contributed by atoms with Crippen molar-refractivity contribution in [1.82, 2.24) is 4.90 Å². The van der Waals surface area contributed by atoms with Crippen LogP contribution in [0.1, 0.15) is 53.6 Å². The van der Waals surface area contributed by atoms with Crippen LogP contribution in [-0.4, -0.2) is 54.5 Å². The van der Waals surface area contributed by atoms with Crippen LogP contribution in [0, 0.1) is 0 Å². The van der Waals surface area contributed by atoms with E-state index in [1.807, 2.05) is 36.4 Å². The molecule has 3 aromatic rings. The molecule has 12 heteroatoms. The predicted octanol–water partition coefficient (Wildman–Crippen LogP) is 5.55. The third-order valence-electron chi connectivity index (χ3n) is 7.18. The minimum Gasteiger partial charge on any atom is -0.457 e. The third-order valence-corrected chi connectivity index (χ3v) is 7.18. The Balaban J connectivity index is 1.54. The lowest BCUT2D eigenvalue weighted by molar-refractivity contribution is -0.201. The van der Waals surface area contributed by atoms with Gasteiger partial charge in [0.2, 0.25) is 5.91 Å². The van der Waals surface area contributed by atoms with Crippen molar-refractivity contribution in [3.63, 3.8) is 0 Å². The molecule has 1 aliphatic heterocycles. The Morgan fingerprint density at radius 2 is 1.51 bits per heavy atom. The van der Waals surface area contributed by atoms with E-state index in [1.165, 1.54) is 4.90 Å². The summed E-state index contributed by atoms with van der Waals surface area (Å²) in [6.45, 7) is -0.110. The molecule has 0 saturated carbocycles. The van der Waals surface area contributed by atoms with E-state index in [2.05, 4.69) is 4.74 Å².